The Bertz CT molecular complexity index is 878. The summed E-state index contributed by atoms with van der Waals surface area (Å²) in [5.74, 6) is -0.495. The molecule has 0 radical (unpaired) electrons. The molecule has 0 saturated carbocycles. The zero-order chi connectivity index (χ0) is 16.4. The highest BCUT2D eigenvalue weighted by atomic mass is 16.5. The molecule has 4 nitrogen and oxygen atoms in total. The highest BCUT2D eigenvalue weighted by Crippen LogP contribution is 2.26. The first kappa shape index (κ1) is 15.0. The van der Waals surface area contributed by atoms with Crippen LogP contribution in [0.15, 0.2) is 54.6 Å². The van der Waals surface area contributed by atoms with Crippen LogP contribution in [0.25, 0.3) is 10.9 Å². The molecular formula is C19H17NO3. The van der Waals surface area contributed by atoms with Crippen LogP contribution in [0.4, 0.5) is 0 Å². The van der Waals surface area contributed by atoms with Crippen molar-refractivity contribution in [3.63, 3.8) is 0 Å². The van der Waals surface area contributed by atoms with Gasteiger partial charge in [-0.25, -0.2) is 4.79 Å². The van der Waals surface area contributed by atoms with Gasteiger partial charge in [0.25, 0.3) is 0 Å². The fraction of sp³-hybridized carbons (Fsp3) is 0.158. The van der Waals surface area contributed by atoms with Crippen LogP contribution >= 0.6 is 0 Å². The molecule has 0 aliphatic carbocycles. The molecule has 0 spiro atoms. The van der Waals surface area contributed by atoms with Gasteiger partial charge in [-0.15, -0.1) is 0 Å². The second-order valence-corrected chi connectivity index (χ2v) is 5.36. The van der Waals surface area contributed by atoms with Gasteiger partial charge in [0.15, 0.2) is 0 Å². The molecule has 0 fully saturated rings. The SMILES string of the molecule is COC(=O)c1c(C)n(C(=O)Cc2ccccc2)c2ccccc12. The van der Waals surface area contributed by atoms with Gasteiger partial charge in [0.2, 0.25) is 5.91 Å². The van der Waals surface area contributed by atoms with E-state index in [9.17, 15) is 9.59 Å². The number of hydrogen-bond donors (Lipinski definition) is 0. The van der Waals surface area contributed by atoms with E-state index in [0.29, 0.717) is 11.3 Å². The summed E-state index contributed by atoms with van der Waals surface area (Å²) in [6, 6.07) is 16.9. The van der Waals surface area contributed by atoms with Crippen molar-refractivity contribution in [3.8, 4) is 0 Å². The van der Waals surface area contributed by atoms with Gasteiger partial charge in [-0.2, -0.15) is 0 Å². The predicted molar refractivity (Wildman–Crippen MR) is 88.8 cm³/mol. The summed E-state index contributed by atoms with van der Waals surface area (Å²) in [6.07, 6.45) is 0.279. The second kappa shape index (κ2) is 6.08. The highest BCUT2D eigenvalue weighted by molar-refractivity contribution is 6.09. The van der Waals surface area contributed by atoms with E-state index < -0.39 is 5.97 Å². The lowest BCUT2D eigenvalue weighted by Gasteiger charge is -2.07. The molecule has 0 saturated heterocycles. The number of fused-ring (bicyclic) bond motifs is 1. The average Bonchev–Trinajstić information content (AvgIpc) is 2.87. The second-order valence-electron chi connectivity index (χ2n) is 5.36. The number of para-hydroxylation sites is 1. The van der Waals surface area contributed by atoms with Gasteiger partial charge in [-0.1, -0.05) is 48.5 Å². The zero-order valence-corrected chi connectivity index (χ0v) is 13.1. The van der Waals surface area contributed by atoms with Gasteiger partial charge in [-0.05, 0) is 18.6 Å². The van der Waals surface area contributed by atoms with Gasteiger partial charge in [-0.3, -0.25) is 9.36 Å². The molecule has 3 aromatic rings. The van der Waals surface area contributed by atoms with Crippen LogP contribution in [0.1, 0.15) is 26.4 Å². The van der Waals surface area contributed by atoms with E-state index >= 15 is 0 Å². The number of esters is 1. The van der Waals surface area contributed by atoms with Crippen molar-refractivity contribution in [3.05, 3.63) is 71.4 Å². The normalized spacial score (nSPS) is 10.7. The Kier molecular flexibility index (Phi) is 3.98. The number of ether oxygens (including phenoxy) is 1. The number of methoxy groups -OCH3 is 1. The van der Waals surface area contributed by atoms with Gasteiger partial charge in [0.1, 0.15) is 0 Å². The van der Waals surface area contributed by atoms with Crippen LogP contribution in [0, 0.1) is 6.92 Å². The number of aromatic nitrogens is 1. The molecule has 0 atom stereocenters. The Morgan fingerprint density at radius 1 is 1.00 bits per heavy atom. The number of benzene rings is 2. The summed E-state index contributed by atoms with van der Waals surface area (Å²) in [5, 5.41) is 0.735. The van der Waals surface area contributed by atoms with Crippen molar-refractivity contribution < 1.29 is 14.3 Å². The Hall–Kier alpha value is -2.88. The molecule has 1 aromatic heterocycles. The molecule has 116 valence electrons. The predicted octanol–water partition coefficient (Wildman–Crippen LogP) is 3.62. The third-order valence-electron chi connectivity index (χ3n) is 3.95. The van der Waals surface area contributed by atoms with Crippen LogP contribution in [0.5, 0.6) is 0 Å². The Balaban J connectivity index is 2.12. The van der Waals surface area contributed by atoms with E-state index in [1.807, 2.05) is 54.6 Å². The molecule has 1 heterocycles. The van der Waals surface area contributed by atoms with Gasteiger partial charge >= 0.3 is 5.97 Å². The Morgan fingerprint density at radius 3 is 2.35 bits per heavy atom. The van der Waals surface area contributed by atoms with Gasteiger partial charge in [0.05, 0.1) is 24.6 Å². The number of nitrogens with zero attached hydrogens (tertiary/aromatic N) is 1. The number of hydrogen-bond acceptors (Lipinski definition) is 3. The lowest BCUT2D eigenvalue weighted by Crippen LogP contribution is -2.15. The summed E-state index contributed by atoms with van der Waals surface area (Å²) in [5.41, 5.74) is 2.73. The van der Waals surface area contributed by atoms with Gasteiger partial charge < -0.3 is 4.74 Å². The number of carbonyl (C=O) groups is 2. The molecule has 23 heavy (non-hydrogen) atoms. The maximum absolute atomic E-state index is 12.8. The van der Waals surface area contributed by atoms with Crippen molar-refractivity contribution in [2.45, 2.75) is 13.3 Å². The van der Waals surface area contributed by atoms with Gasteiger partial charge in [0, 0.05) is 11.1 Å². The summed E-state index contributed by atoms with van der Waals surface area (Å²) in [6.45, 7) is 1.77. The average molecular weight is 307 g/mol. The largest absolute Gasteiger partial charge is 0.465 e. The molecule has 0 aliphatic heterocycles. The molecule has 0 amide bonds. The van der Waals surface area contributed by atoms with Crippen molar-refractivity contribution in [1.29, 1.82) is 0 Å². The first-order valence-electron chi connectivity index (χ1n) is 7.39. The van der Waals surface area contributed by atoms with Crippen molar-refractivity contribution in [2.75, 3.05) is 7.11 Å². The Morgan fingerprint density at radius 2 is 1.65 bits per heavy atom. The topological polar surface area (TPSA) is 48.3 Å². The van der Waals surface area contributed by atoms with Crippen LogP contribution in [-0.4, -0.2) is 23.6 Å². The summed E-state index contributed by atoms with van der Waals surface area (Å²) < 4.78 is 6.48. The van der Waals surface area contributed by atoms with Crippen molar-refractivity contribution in [1.82, 2.24) is 4.57 Å². The fourth-order valence-electron chi connectivity index (χ4n) is 2.90. The third-order valence-corrected chi connectivity index (χ3v) is 3.95. The quantitative estimate of drug-likeness (QED) is 0.694. The molecule has 0 N–H and O–H groups in total. The smallest absolute Gasteiger partial charge is 0.340 e. The van der Waals surface area contributed by atoms with Crippen LogP contribution in [0.3, 0.4) is 0 Å². The number of rotatable bonds is 3. The van der Waals surface area contributed by atoms with Crippen LogP contribution in [0.2, 0.25) is 0 Å². The Labute approximate surface area is 134 Å². The lowest BCUT2D eigenvalue weighted by molar-refractivity contribution is 0.0602. The molecule has 2 aromatic carbocycles. The van der Waals surface area contributed by atoms with E-state index in [4.69, 9.17) is 4.74 Å². The van der Waals surface area contributed by atoms with E-state index in [-0.39, 0.29) is 12.3 Å². The van der Waals surface area contributed by atoms with Crippen molar-refractivity contribution in [2.24, 2.45) is 0 Å². The minimum atomic E-state index is -0.426. The molecule has 3 rings (SSSR count). The molecular weight excluding hydrogens is 290 g/mol. The first-order chi connectivity index (χ1) is 11.1. The number of carbonyl (C=O) groups excluding carboxylic acids is 2. The van der Waals surface area contributed by atoms with E-state index in [2.05, 4.69) is 0 Å². The van der Waals surface area contributed by atoms with Crippen LogP contribution in [-0.2, 0) is 11.2 Å². The lowest BCUT2D eigenvalue weighted by atomic mass is 10.1. The minimum absolute atomic E-state index is 0.0694. The van der Waals surface area contributed by atoms with E-state index in [1.165, 1.54) is 7.11 Å². The molecule has 4 heteroatoms. The summed E-state index contributed by atoms with van der Waals surface area (Å²) in [4.78, 5) is 24.9. The van der Waals surface area contributed by atoms with Crippen LogP contribution < -0.4 is 0 Å². The zero-order valence-electron chi connectivity index (χ0n) is 13.1. The molecule has 0 unspecified atom stereocenters. The van der Waals surface area contributed by atoms with E-state index in [1.54, 1.807) is 11.5 Å². The van der Waals surface area contributed by atoms with Crippen molar-refractivity contribution >= 4 is 22.8 Å². The van der Waals surface area contributed by atoms with E-state index in [0.717, 1.165) is 16.5 Å². The third kappa shape index (κ3) is 2.63. The molecule has 0 bridgehead atoms. The maximum atomic E-state index is 12.8. The highest BCUT2D eigenvalue weighted by Gasteiger charge is 2.23. The summed E-state index contributed by atoms with van der Waals surface area (Å²) >= 11 is 0. The monoisotopic (exact) mass is 307 g/mol. The first-order valence-corrected chi connectivity index (χ1v) is 7.39. The standard InChI is InChI=1S/C19H17NO3/c1-13-18(19(22)23-2)15-10-6-7-11-16(15)20(13)17(21)12-14-8-4-3-5-9-14/h3-11H,12H2,1-2H3. The minimum Gasteiger partial charge on any atom is -0.465 e. The summed E-state index contributed by atoms with van der Waals surface area (Å²) in [7, 11) is 1.35. The molecule has 0 aliphatic rings. The maximum Gasteiger partial charge on any atom is 0.340 e. The fourth-order valence-corrected chi connectivity index (χ4v) is 2.90.